The molecule has 2 atom stereocenters. The average molecular weight is 331 g/mol. The molecule has 2 heterocycles. The number of piperidine rings is 1. The normalized spacial score (nSPS) is 22.7. The second-order valence-electron chi connectivity index (χ2n) is 4.34. The lowest BCUT2D eigenvalue weighted by Gasteiger charge is -2.27. The van der Waals surface area contributed by atoms with Gasteiger partial charge in [0, 0.05) is 12.2 Å². The second-order valence-corrected chi connectivity index (χ2v) is 5.10. The Hall–Kier alpha value is -0.490. The standard InChI is InChI=1S/C11H14Cl2FN3O.ClH/c1-5-8(12)9(13)10(16-5)11(18)17-7-2-3-15-4-6(7)14;/h6-7,15-16H,2-4H2,1H3,(H,17,18);1H/t6-,7+;/m1./s1. The largest absolute Gasteiger partial charge is 0.352 e. The summed E-state index contributed by atoms with van der Waals surface area (Å²) < 4.78 is 13.6. The minimum Gasteiger partial charge on any atom is -0.352 e. The van der Waals surface area contributed by atoms with E-state index in [9.17, 15) is 9.18 Å². The SMILES string of the molecule is Cc1[nH]c(C(=O)N[C@H]2CCNC[C@H]2F)c(Cl)c1Cl.Cl. The van der Waals surface area contributed by atoms with Gasteiger partial charge in [0.2, 0.25) is 0 Å². The van der Waals surface area contributed by atoms with Gasteiger partial charge in [0.25, 0.3) is 5.91 Å². The van der Waals surface area contributed by atoms with Gasteiger partial charge in [0.1, 0.15) is 11.9 Å². The third-order valence-corrected chi connectivity index (χ3v) is 3.95. The molecule has 0 bridgehead atoms. The quantitative estimate of drug-likeness (QED) is 0.780. The monoisotopic (exact) mass is 329 g/mol. The second kappa shape index (κ2) is 6.79. The Bertz CT molecular complexity index is 466. The van der Waals surface area contributed by atoms with Gasteiger partial charge in [-0.25, -0.2) is 4.39 Å². The van der Waals surface area contributed by atoms with E-state index in [4.69, 9.17) is 23.2 Å². The number of amides is 1. The van der Waals surface area contributed by atoms with Crippen molar-refractivity contribution in [1.29, 1.82) is 0 Å². The van der Waals surface area contributed by atoms with Crippen molar-refractivity contribution in [1.82, 2.24) is 15.6 Å². The first-order valence-corrected chi connectivity index (χ1v) is 6.45. The zero-order valence-corrected chi connectivity index (χ0v) is 12.6. The van der Waals surface area contributed by atoms with Crippen molar-refractivity contribution in [2.75, 3.05) is 13.1 Å². The molecular weight excluding hydrogens is 315 g/mol. The lowest BCUT2D eigenvalue weighted by molar-refractivity contribution is 0.0888. The van der Waals surface area contributed by atoms with Crippen LogP contribution < -0.4 is 10.6 Å². The van der Waals surface area contributed by atoms with Gasteiger partial charge in [-0.2, -0.15) is 0 Å². The van der Waals surface area contributed by atoms with Gasteiger partial charge in [-0.05, 0) is 19.9 Å². The topological polar surface area (TPSA) is 56.9 Å². The number of aryl methyl sites for hydroxylation is 1. The van der Waals surface area contributed by atoms with Crippen LogP contribution in [0.2, 0.25) is 10.0 Å². The number of H-pyrrole nitrogens is 1. The van der Waals surface area contributed by atoms with Crippen molar-refractivity contribution in [2.45, 2.75) is 25.6 Å². The third kappa shape index (κ3) is 3.54. The van der Waals surface area contributed by atoms with E-state index in [-0.39, 0.29) is 29.7 Å². The van der Waals surface area contributed by atoms with Crippen LogP contribution in [0.1, 0.15) is 22.6 Å². The van der Waals surface area contributed by atoms with E-state index in [1.54, 1.807) is 6.92 Å². The van der Waals surface area contributed by atoms with Crippen LogP contribution in [0.15, 0.2) is 0 Å². The lowest BCUT2D eigenvalue weighted by Crippen LogP contribution is -2.50. The molecule has 0 spiro atoms. The molecule has 0 radical (unpaired) electrons. The zero-order chi connectivity index (χ0) is 13.3. The lowest BCUT2D eigenvalue weighted by atomic mass is 10.0. The summed E-state index contributed by atoms with van der Waals surface area (Å²) >= 11 is 11.8. The molecule has 1 aliphatic rings. The van der Waals surface area contributed by atoms with Gasteiger partial charge >= 0.3 is 0 Å². The van der Waals surface area contributed by atoms with Crippen molar-refractivity contribution in [3.05, 3.63) is 21.4 Å². The van der Waals surface area contributed by atoms with Gasteiger partial charge in [-0.1, -0.05) is 23.2 Å². The molecule has 4 nitrogen and oxygen atoms in total. The highest BCUT2D eigenvalue weighted by Crippen LogP contribution is 2.29. The van der Waals surface area contributed by atoms with E-state index in [0.29, 0.717) is 23.7 Å². The number of rotatable bonds is 2. The predicted molar refractivity (Wildman–Crippen MR) is 76.4 cm³/mol. The average Bonchev–Trinajstić information content (AvgIpc) is 2.60. The van der Waals surface area contributed by atoms with Crippen molar-refractivity contribution in [2.24, 2.45) is 0 Å². The van der Waals surface area contributed by atoms with Crippen LogP contribution in [-0.4, -0.2) is 36.2 Å². The van der Waals surface area contributed by atoms with E-state index in [1.165, 1.54) is 0 Å². The molecule has 1 amide bonds. The Morgan fingerprint density at radius 2 is 2.11 bits per heavy atom. The van der Waals surface area contributed by atoms with Crippen LogP contribution in [0.25, 0.3) is 0 Å². The fourth-order valence-electron chi connectivity index (χ4n) is 1.95. The Labute approximate surface area is 126 Å². The molecule has 1 aromatic rings. The number of hydrogen-bond donors (Lipinski definition) is 3. The summed E-state index contributed by atoms with van der Waals surface area (Å²) in [5.41, 5.74) is 0.804. The predicted octanol–water partition coefficient (Wildman–Crippen LogP) is 2.48. The van der Waals surface area contributed by atoms with Gasteiger partial charge < -0.3 is 15.6 Å². The van der Waals surface area contributed by atoms with Gasteiger partial charge in [0.05, 0.1) is 16.1 Å². The molecule has 0 saturated carbocycles. The number of carbonyl (C=O) groups is 1. The van der Waals surface area contributed by atoms with Gasteiger partial charge in [-0.15, -0.1) is 12.4 Å². The van der Waals surface area contributed by atoms with Crippen molar-refractivity contribution >= 4 is 41.5 Å². The molecule has 0 unspecified atom stereocenters. The Morgan fingerprint density at radius 1 is 1.42 bits per heavy atom. The maximum absolute atomic E-state index is 13.6. The van der Waals surface area contributed by atoms with Crippen molar-refractivity contribution in [3.8, 4) is 0 Å². The summed E-state index contributed by atoms with van der Waals surface area (Å²) in [6.07, 6.45) is -0.536. The summed E-state index contributed by atoms with van der Waals surface area (Å²) in [5, 5.41) is 6.06. The van der Waals surface area contributed by atoms with Gasteiger partial charge in [0.15, 0.2) is 0 Å². The molecule has 1 aromatic heterocycles. The fourth-order valence-corrected chi connectivity index (χ4v) is 2.37. The molecule has 0 aromatic carbocycles. The van der Waals surface area contributed by atoms with Crippen LogP contribution in [0.3, 0.4) is 0 Å². The summed E-state index contributed by atoms with van der Waals surface area (Å²) in [5.74, 6) is -0.426. The smallest absolute Gasteiger partial charge is 0.269 e. The number of halogens is 4. The third-order valence-electron chi connectivity index (χ3n) is 3.01. The highest BCUT2D eigenvalue weighted by molar-refractivity contribution is 6.44. The molecule has 3 N–H and O–H groups in total. The number of aromatic nitrogens is 1. The molecule has 1 fully saturated rings. The fraction of sp³-hybridized carbons (Fsp3) is 0.545. The van der Waals surface area contributed by atoms with E-state index in [0.717, 1.165) is 0 Å². The summed E-state index contributed by atoms with van der Waals surface area (Å²) in [4.78, 5) is 14.8. The number of nitrogens with one attached hydrogen (secondary N) is 3. The van der Waals surface area contributed by atoms with Crippen LogP contribution in [0.5, 0.6) is 0 Å². The number of hydrogen-bond acceptors (Lipinski definition) is 2. The first kappa shape index (κ1) is 16.6. The van der Waals surface area contributed by atoms with Gasteiger partial charge in [-0.3, -0.25) is 4.79 Å². The number of aromatic amines is 1. The van der Waals surface area contributed by atoms with Crippen LogP contribution >= 0.6 is 35.6 Å². The molecule has 8 heteroatoms. The van der Waals surface area contributed by atoms with E-state index >= 15 is 0 Å². The first-order valence-electron chi connectivity index (χ1n) is 5.70. The molecule has 19 heavy (non-hydrogen) atoms. The van der Waals surface area contributed by atoms with Crippen LogP contribution in [0.4, 0.5) is 4.39 Å². The molecule has 2 rings (SSSR count). The first-order chi connectivity index (χ1) is 8.50. The molecule has 1 saturated heterocycles. The Kier molecular flexibility index (Phi) is 5.92. The maximum Gasteiger partial charge on any atom is 0.269 e. The molecule has 108 valence electrons. The zero-order valence-electron chi connectivity index (χ0n) is 10.2. The Morgan fingerprint density at radius 3 is 2.63 bits per heavy atom. The summed E-state index contributed by atoms with van der Waals surface area (Å²) in [6, 6.07) is -0.489. The van der Waals surface area contributed by atoms with Crippen molar-refractivity contribution < 1.29 is 9.18 Å². The van der Waals surface area contributed by atoms with Crippen LogP contribution in [0, 0.1) is 6.92 Å². The van der Waals surface area contributed by atoms with Crippen LogP contribution in [-0.2, 0) is 0 Å². The highest BCUT2D eigenvalue weighted by atomic mass is 35.5. The highest BCUT2D eigenvalue weighted by Gasteiger charge is 2.28. The van der Waals surface area contributed by atoms with E-state index < -0.39 is 18.1 Å². The molecule has 0 aliphatic carbocycles. The summed E-state index contributed by atoms with van der Waals surface area (Å²) in [7, 11) is 0. The van der Waals surface area contributed by atoms with Crippen molar-refractivity contribution in [3.63, 3.8) is 0 Å². The Balaban J connectivity index is 0.00000180. The maximum atomic E-state index is 13.6. The molecule has 1 aliphatic heterocycles. The number of carbonyl (C=O) groups excluding carboxylic acids is 1. The number of alkyl halides is 1. The summed E-state index contributed by atoms with van der Waals surface area (Å²) in [6.45, 7) is 2.65. The van der Waals surface area contributed by atoms with E-state index in [2.05, 4.69) is 15.6 Å². The molecular formula is C11H15Cl3FN3O. The van der Waals surface area contributed by atoms with E-state index in [1.807, 2.05) is 0 Å². The minimum atomic E-state index is -1.09. The minimum absolute atomic E-state index is 0.